The second-order valence-corrected chi connectivity index (χ2v) is 15.6. The van der Waals surface area contributed by atoms with Crippen LogP contribution in [0.2, 0.25) is 0 Å². The lowest BCUT2D eigenvalue weighted by Crippen LogP contribution is -2.30. The maximum absolute atomic E-state index is 12.7. The minimum atomic E-state index is -0.789. The van der Waals surface area contributed by atoms with Gasteiger partial charge < -0.3 is 14.2 Å². The molecule has 332 valence electrons. The number of rotatable bonds is 42. The molecule has 0 aliphatic rings. The summed E-state index contributed by atoms with van der Waals surface area (Å²) >= 11 is 0. The Morgan fingerprint density at radius 2 is 0.672 bits per heavy atom. The molecule has 0 aromatic heterocycles. The number of carbonyl (C=O) groups is 3. The lowest BCUT2D eigenvalue weighted by Gasteiger charge is -2.18. The Kier molecular flexibility index (Phi) is 44.0. The summed E-state index contributed by atoms with van der Waals surface area (Å²) in [6.07, 6.45) is 57.4. The molecule has 0 aliphatic carbocycles. The molecule has 1 unspecified atom stereocenters. The van der Waals surface area contributed by atoms with Crippen molar-refractivity contribution in [1.82, 2.24) is 0 Å². The number of hydrogen-bond donors (Lipinski definition) is 0. The van der Waals surface area contributed by atoms with E-state index in [9.17, 15) is 14.4 Å². The van der Waals surface area contributed by atoms with Crippen molar-refractivity contribution in [2.75, 3.05) is 13.2 Å². The molecule has 6 heteroatoms. The Bertz CT molecular complexity index is 1110. The number of allylic oxidation sites excluding steroid dienone is 12. The van der Waals surface area contributed by atoms with E-state index in [1.807, 2.05) is 0 Å². The molecule has 6 nitrogen and oxygen atoms in total. The largest absolute Gasteiger partial charge is 0.462 e. The molecule has 58 heavy (non-hydrogen) atoms. The summed E-state index contributed by atoms with van der Waals surface area (Å²) < 4.78 is 16.7. The van der Waals surface area contributed by atoms with E-state index in [1.165, 1.54) is 57.8 Å². The number of hydrogen-bond acceptors (Lipinski definition) is 6. The molecular weight excluding hydrogens is 721 g/mol. The van der Waals surface area contributed by atoms with E-state index in [0.717, 1.165) is 122 Å². The zero-order chi connectivity index (χ0) is 42.3. The predicted octanol–water partition coefficient (Wildman–Crippen LogP) is 15.5. The minimum Gasteiger partial charge on any atom is -0.462 e. The Balaban J connectivity index is 4.42. The van der Waals surface area contributed by atoms with Crippen LogP contribution >= 0.6 is 0 Å². The molecule has 0 radical (unpaired) electrons. The molecule has 0 N–H and O–H groups in total. The third-order valence-corrected chi connectivity index (χ3v) is 9.93. The van der Waals surface area contributed by atoms with E-state index in [-0.39, 0.29) is 31.1 Å². The molecule has 0 aliphatic heterocycles. The lowest BCUT2D eigenvalue weighted by molar-refractivity contribution is -0.167. The highest BCUT2D eigenvalue weighted by atomic mass is 16.6. The van der Waals surface area contributed by atoms with Crippen molar-refractivity contribution in [3.8, 4) is 0 Å². The molecule has 0 heterocycles. The van der Waals surface area contributed by atoms with Gasteiger partial charge in [-0.2, -0.15) is 0 Å². The molecule has 0 aromatic rings. The minimum absolute atomic E-state index is 0.0905. The highest BCUT2D eigenvalue weighted by Crippen LogP contribution is 2.13. The topological polar surface area (TPSA) is 78.9 Å². The normalized spacial score (nSPS) is 12.7. The third-order valence-electron chi connectivity index (χ3n) is 9.93. The van der Waals surface area contributed by atoms with E-state index >= 15 is 0 Å². The Morgan fingerprint density at radius 3 is 1.07 bits per heavy atom. The molecule has 0 saturated heterocycles. The van der Waals surface area contributed by atoms with Gasteiger partial charge in [0.15, 0.2) is 6.10 Å². The number of unbranched alkanes of at least 4 members (excludes halogenated alkanes) is 19. The average Bonchev–Trinajstić information content (AvgIpc) is 3.22. The van der Waals surface area contributed by atoms with Crippen molar-refractivity contribution in [2.24, 2.45) is 0 Å². The van der Waals surface area contributed by atoms with E-state index in [1.54, 1.807) is 0 Å². The van der Waals surface area contributed by atoms with E-state index in [0.29, 0.717) is 19.3 Å². The summed E-state index contributed by atoms with van der Waals surface area (Å²) in [6, 6.07) is 0. The highest BCUT2D eigenvalue weighted by molar-refractivity contribution is 5.71. The zero-order valence-electron chi connectivity index (χ0n) is 37.8. The fourth-order valence-corrected chi connectivity index (χ4v) is 6.37. The Labute approximate surface area is 357 Å². The van der Waals surface area contributed by atoms with Crippen LogP contribution in [0.5, 0.6) is 0 Å². The van der Waals surface area contributed by atoms with Gasteiger partial charge in [-0.3, -0.25) is 14.4 Å². The maximum Gasteiger partial charge on any atom is 0.306 e. The number of carbonyl (C=O) groups excluding carboxylic acids is 3. The molecule has 0 fully saturated rings. The van der Waals surface area contributed by atoms with Crippen LogP contribution in [0.25, 0.3) is 0 Å². The maximum atomic E-state index is 12.7. The van der Waals surface area contributed by atoms with Crippen LogP contribution in [0.1, 0.15) is 220 Å². The van der Waals surface area contributed by atoms with Crippen LogP contribution in [0, 0.1) is 0 Å². The standard InChI is InChI=1S/C52H88O6/c1-4-7-10-13-16-19-22-25-26-27-28-31-33-36-39-42-45-51(54)57-48-49(58-52(55)46-43-40-37-34-30-24-21-18-15-12-9-6-3)47-56-50(53)44-41-38-35-32-29-23-20-17-14-11-8-5-2/h7,9-10,12,16-21,25-26,49H,4-6,8,11,13-15,22-24,27-48H2,1-3H3/b10-7-,12-9-,19-16-,20-17-,21-18-,26-25-. The molecule has 0 spiro atoms. The molecular formula is C52H88O6. The van der Waals surface area contributed by atoms with Crippen molar-refractivity contribution < 1.29 is 28.6 Å². The first kappa shape index (κ1) is 54.9. The first-order valence-electron chi connectivity index (χ1n) is 23.9. The van der Waals surface area contributed by atoms with Gasteiger partial charge in [0.1, 0.15) is 13.2 Å². The molecule has 0 aromatic carbocycles. The number of ether oxygens (including phenoxy) is 3. The molecule has 1 atom stereocenters. The van der Waals surface area contributed by atoms with Crippen LogP contribution in [0.4, 0.5) is 0 Å². The summed E-state index contributed by atoms with van der Waals surface area (Å²) in [5.74, 6) is -0.931. The van der Waals surface area contributed by atoms with E-state index in [2.05, 4.69) is 93.7 Å². The first-order valence-corrected chi connectivity index (χ1v) is 23.9. The van der Waals surface area contributed by atoms with Gasteiger partial charge in [-0.15, -0.1) is 0 Å². The van der Waals surface area contributed by atoms with Crippen LogP contribution < -0.4 is 0 Å². The summed E-state index contributed by atoms with van der Waals surface area (Å²) in [5.41, 5.74) is 0. The molecule has 0 saturated carbocycles. The summed E-state index contributed by atoms with van der Waals surface area (Å²) in [5, 5.41) is 0. The summed E-state index contributed by atoms with van der Waals surface area (Å²) in [4.78, 5) is 37.8. The monoisotopic (exact) mass is 809 g/mol. The van der Waals surface area contributed by atoms with Gasteiger partial charge >= 0.3 is 17.9 Å². The third kappa shape index (κ3) is 44.0. The van der Waals surface area contributed by atoms with E-state index in [4.69, 9.17) is 14.2 Å². The van der Waals surface area contributed by atoms with Gasteiger partial charge in [0.05, 0.1) is 0 Å². The predicted molar refractivity (Wildman–Crippen MR) is 247 cm³/mol. The van der Waals surface area contributed by atoms with Crippen LogP contribution in [-0.4, -0.2) is 37.2 Å². The fraction of sp³-hybridized carbons (Fsp3) is 0.712. The molecule has 0 rings (SSSR count). The SMILES string of the molecule is CC/C=C\C/C=C\C/C=C\CCCCCCCCC(=O)OCC(COC(=O)CCCCCCC/C=C\CCCCC)OC(=O)CCCCCCC/C=C\C/C=C\CC. The second-order valence-electron chi connectivity index (χ2n) is 15.6. The first-order chi connectivity index (χ1) is 28.5. The molecule has 0 amide bonds. The van der Waals surface area contributed by atoms with Gasteiger partial charge in [0, 0.05) is 19.3 Å². The van der Waals surface area contributed by atoms with Crippen LogP contribution in [0.3, 0.4) is 0 Å². The van der Waals surface area contributed by atoms with E-state index < -0.39 is 6.10 Å². The van der Waals surface area contributed by atoms with Gasteiger partial charge in [-0.25, -0.2) is 0 Å². The Morgan fingerprint density at radius 1 is 0.362 bits per heavy atom. The quantitative estimate of drug-likeness (QED) is 0.0264. The Hall–Kier alpha value is -3.15. The van der Waals surface area contributed by atoms with Gasteiger partial charge in [0.2, 0.25) is 0 Å². The fourth-order valence-electron chi connectivity index (χ4n) is 6.37. The smallest absolute Gasteiger partial charge is 0.306 e. The van der Waals surface area contributed by atoms with Crippen LogP contribution in [0.15, 0.2) is 72.9 Å². The van der Waals surface area contributed by atoms with Gasteiger partial charge in [-0.1, -0.05) is 171 Å². The van der Waals surface area contributed by atoms with Crippen molar-refractivity contribution in [3.63, 3.8) is 0 Å². The summed E-state index contributed by atoms with van der Waals surface area (Å²) in [7, 11) is 0. The zero-order valence-corrected chi connectivity index (χ0v) is 37.8. The van der Waals surface area contributed by atoms with Crippen LogP contribution in [-0.2, 0) is 28.6 Å². The summed E-state index contributed by atoms with van der Waals surface area (Å²) in [6.45, 7) is 6.35. The van der Waals surface area contributed by atoms with Crippen molar-refractivity contribution >= 4 is 17.9 Å². The second kappa shape index (κ2) is 46.5. The van der Waals surface area contributed by atoms with Crippen molar-refractivity contribution in [1.29, 1.82) is 0 Å². The molecule has 0 bridgehead atoms. The lowest BCUT2D eigenvalue weighted by atomic mass is 10.1. The number of esters is 3. The average molecular weight is 809 g/mol. The van der Waals surface area contributed by atoms with Gasteiger partial charge in [-0.05, 0) is 103 Å². The highest BCUT2D eigenvalue weighted by Gasteiger charge is 2.19. The van der Waals surface area contributed by atoms with Gasteiger partial charge in [0.25, 0.3) is 0 Å². The van der Waals surface area contributed by atoms with Crippen molar-refractivity contribution in [3.05, 3.63) is 72.9 Å². The van der Waals surface area contributed by atoms with Crippen molar-refractivity contribution in [2.45, 2.75) is 226 Å².